The van der Waals surface area contributed by atoms with E-state index in [-0.39, 0.29) is 16.7 Å². The summed E-state index contributed by atoms with van der Waals surface area (Å²) in [5, 5.41) is 1.86. The van der Waals surface area contributed by atoms with Gasteiger partial charge in [0.1, 0.15) is 11.9 Å². The van der Waals surface area contributed by atoms with Gasteiger partial charge in [-0.25, -0.2) is 18.2 Å². The van der Waals surface area contributed by atoms with Gasteiger partial charge in [0.05, 0.1) is 17.6 Å². The second-order valence-electron chi connectivity index (χ2n) is 9.60. The first kappa shape index (κ1) is 32.8. The molecular formula is C30H25F3N4O7S. The van der Waals surface area contributed by atoms with Gasteiger partial charge < -0.3 is 10.1 Å². The van der Waals surface area contributed by atoms with E-state index >= 15 is 0 Å². The maximum atomic E-state index is 14.3. The first-order valence-corrected chi connectivity index (χ1v) is 14.5. The number of methoxy groups -OCH3 is 1. The quantitative estimate of drug-likeness (QED) is 0.247. The molecule has 234 valence electrons. The van der Waals surface area contributed by atoms with E-state index in [0.717, 1.165) is 43.6 Å². The standard InChI is InChI=1S/C30H25F3N4O7S/c1-44-27(40)21-12-14-22(15-13-21)45(42,43)30(34,37-24(38)16-17-35-26(37)20-10-6-3-7-11-20)28(41)36-23(25(39)29(31,32)33)18-19-8-4-2-5-9-19/h2-17,23H,18,34H2,1H3,(H,36,41). The highest BCUT2D eigenvalue weighted by atomic mass is 32.2. The summed E-state index contributed by atoms with van der Waals surface area (Å²) < 4.78 is 74.6. The van der Waals surface area contributed by atoms with Crippen molar-refractivity contribution >= 4 is 27.5 Å². The minimum Gasteiger partial charge on any atom is -0.465 e. The number of ether oxygens (including phenoxy) is 1. The molecule has 45 heavy (non-hydrogen) atoms. The van der Waals surface area contributed by atoms with Crippen molar-refractivity contribution in [2.24, 2.45) is 5.73 Å². The molecule has 0 aliphatic heterocycles. The van der Waals surface area contributed by atoms with Gasteiger partial charge >= 0.3 is 12.1 Å². The molecule has 0 radical (unpaired) electrons. The lowest BCUT2D eigenvalue weighted by molar-refractivity contribution is -0.173. The van der Waals surface area contributed by atoms with Crippen LogP contribution in [0, 0.1) is 0 Å². The monoisotopic (exact) mass is 642 g/mol. The van der Waals surface area contributed by atoms with Gasteiger partial charge in [-0.05, 0) is 29.8 Å². The highest BCUT2D eigenvalue weighted by Crippen LogP contribution is 2.31. The largest absolute Gasteiger partial charge is 0.465 e. The van der Waals surface area contributed by atoms with Gasteiger partial charge in [-0.3, -0.25) is 24.7 Å². The number of hydrogen-bond donors (Lipinski definition) is 2. The predicted molar refractivity (Wildman–Crippen MR) is 154 cm³/mol. The average Bonchev–Trinajstić information content (AvgIpc) is 3.03. The Labute approximate surface area is 254 Å². The van der Waals surface area contributed by atoms with Crippen LogP contribution in [0.5, 0.6) is 0 Å². The number of sulfone groups is 1. The zero-order valence-corrected chi connectivity index (χ0v) is 24.2. The third-order valence-electron chi connectivity index (χ3n) is 6.71. The molecule has 1 aromatic heterocycles. The molecule has 0 fully saturated rings. The third-order valence-corrected chi connectivity index (χ3v) is 8.80. The van der Waals surface area contributed by atoms with Crippen LogP contribution in [0.2, 0.25) is 0 Å². The van der Waals surface area contributed by atoms with Gasteiger partial charge in [-0.2, -0.15) is 13.2 Å². The van der Waals surface area contributed by atoms with Crippen LogP contribution >= 0.6 is 0 Å². The second kappa shape index (κ2) is 12.8. The summed E-state index contributed by atoms with van der Waals surface area (Å²) in [5.74, 6) is -5.45. The molecule has 3 N–H and O–H groups in total. The zero-order valence-electron chi connectivity index (χ0n) is 23.4. The molecule has 0 saturated heterocycles. The lowest BCUT2D eigenvalue weighted by Gasteiger charge is -2.33. The summed E-state index contributed by atoms with van der Waals surface area (Å²) in [5.41, 5.74) is 5.52. The number of aromatic nitrogens is 2. The highest BCUT2D eigenvalue weighted by molar-refractivity contribution is 7.92. The number of halogens is 3. The Morgan fingerprint density at radius 1 is 0.933 bits per heavy atom. The maximum absolute atomic E-state index is 14.3. The van der Waals surface area contributed by atoms with Crippen molar-refractivity contribution in [2.75, 3.05) is 7.11 Å². The number of amides is 1. The summed E-state index contributed by atoms with van der Waals surface area (Å²) in [6.07, 6.45) is -5.10. The van der Waals surface area contributed by atoms with Crippen LogP contribution in [0.15, 0.2) is 107 Å². The number of benzene rings is 3. The Morgan fingerprint density at radius 3 is 2.07 bits per heavy atom. The molecule has 0 bridgehead atoms. The van der Waals surface area contributed by atoms with Crippen molar-refractivity contribution in [2.45, 2.75) is 28.5 Å². The first-order chi connectivity index (χ1) is 21.2. The number of nitrogens with two attached hydrogens (primary N) is 1. The average molecular weight is 643 g/mol. The molecule has 0 saturated carbocycles. The molecule has 0 spiro atoms. The lowest BCUT2D eigenvalue weighted by Crippen LogP contribution is -2.66. The van der Waals surface area contributed by atoms with E-state index in [2.05, 4.69) is 9.72 Å². The molecule has 3 aromatic carbocycles. The van der Waals surface area contributed by atoms with E-state index < -0.39 is 67.4 Å². The SMILES string of the molecule is COC(=O)c1ccc(S(=O)(=O)C(N)(C(=O)NC(Cc2ccccc2)C(=O)C(F)(F)F)n2c(-c3ccccc3)nccc2=O)cc1. The molecule has 1 heterocycles. The normalized spacial score (nSPS) is 13.7. The van der Waals surface area contributed by atoms with Crippen molar-refractivity contribution in [1.29, 1.82) is 0 Å². The van der Waals surface area contributed by atoms with Gasteiger partial charge in [0.15, 0.2) is 0 Å². The second-order valence-corrected chi connectivity index (χ2v) is 11.7. The van der Waals surface area contributed by atoms with Crippen molar-refractivity contribution in [3.63, 3.8) is 0 Å². The fourth-order valence-corrected chi connectivity index (χ4v) is 6.02. The predicted octanol–water partition coefficient (Wildman–Crippen LogP) is 2.60. The molecule has 4 aromatic rings. The Kier molecular flexibility index (Phi) is 9.34. The van der Waals surface area contributed by atoms with E-state index in [1.807, 2.05) is 5.32 Å². The molecular weight excluding hydrogens is 617 g/mol. The number of hydrogen-bond acceptors (Lipinski definition) is 9. The van der Waals surface area contributed by atoms with Crippen LogP contribution in [-0.4, -0.2) is 55.0 Å². The molecule has 1 amide bonds. The molecule has 11 nitrogen and oxygen atoms in total. The van der Waals surface area contributed by atoms with Crippen LogP contribution in [0.3, 0.4) is 0 Å². The highest BCUT2D eigenvalue weighted by Gasteiger charge is 2.54. The van der Waals surface area contributed by atoms with Crippen LogP contribution in [0.4, 0.5) is 13.2 Å². The fourth-order valence-electron chi connectivity index (χ4n) is 4.45. The summed E-state index contributed by atoms with van der Waals surface area (Å²) in [6, 6.07) is 17.2. The van der Waals surface area contributed by atoms with E-state index in [4.69, 9.17) is 5.73 Å². The number of esters is 1. The molecule has 0 aliphatic carbocycles. The van der Waals surface area contributed by atoms with E-state index in [0.29, 0.717) is 4.57 Å². The minimum atomic E-state index is -5.44. The fraction of sp³-hybridized carbons (Fsp3) is 0.167. The summed E-state index contributed by atoms with van der Waals surface area (Å²) in [7, 11) is -4.20. The molecule has 0 aliphatic rings. The molecule has 4 rings (SSSR count). The van der Waals surface area contributed by atoms with Gasteiger partial charge in [0.25, 0.3) is 22.2 Å². The topological polar surface area (TPSA) is 168 Å². The molecule has 2 atom stereocenters. The molecule has 2 unspecified atom stereocenters. The van der Waals surface area contributed by atoms with Crippen LogP contribution in [-0.2, 0) is 35.6 Å². The number of rotatable bonds is 10. The number of carbonyl (C=O) groups is 3. The summed E-state index contributed by atoms with van der Waals surface area (Å²) >= 11 is 0. The van der Waals surface area contributed by atoms with Crippen molar-refractivity contribution in [3.8, 4) is 11.4 Å². The van der Waals surface area contributed by atoms with Crippen LogP contribution in [0.25, 0.3) is 11.4 Å². The first-order valence-electron chi connectivity index (χ1n) is 13.0. The van der Waals surface area contributed by atoms with Gasteiger partial charge in [0.2, 0.25) is 9.84 Å². The molecule has 15 heteroatoms. The number of carbonyl (C=O) groups excluding carboxylic acids is 3. The number of Topliss-reactive ketones (excluding diaryl/α,β-unsaturated/α-hetero) is 1. The zero-order chi connectivity index (χ0) is 33.0. The summed E-state index contributed by atoms with van der Waals surface area (Å²) in [6.45, 7) is 0. The van der Waals surface area contributed by atoms with Crippen molar-refractivity contribution < 1.29 is 40.7 Å². The third kappa shape index (κ3) is 6.53. The number of nitrogens with one attached hydrogen (secondary N) is 1. The van der Waals surface area contributed by atoms with E-state index in [1.54, 1.807) is 12.1 Å². The smallest absolute Gasteiger partial charge is 0.452 e. The van der Waals surface area contributed by atoms with Crippen LogP contribution in [0.1, 0.15) is 15.9 Å². The van der Waals surface area contributed by atoms with E-state index in [9.17, 15) is 40.8 Å². The number of ketones is 1. The van der Waals surface area contributed by atoms with Gasteiger partial charge in [-0.1, -0.05) is 60.7 Å². The number of alkyl halides is 3. The van der Waals surface area contributed by atoms with Crippen LogP contribution < -0.4 is 16.6 Å². The summed E-state index contributed by atoms with van der Waals surface area (Å²) in [4.78, 5) is 51.8. The van der Waals surface area contributed by atoms with Crippen molar-refractivity contribution in [3.05, 3.63) is 119 Å². The maximum Gasteiger partial charge on any atom is 0.452 e. The van der Waals surface area contributed by atoms with Gasteiger partial charge in [0, 0.05) is 24.2 Å². The van der Waals surface area contributed by atoms with Gasteiger partial charge in [-0.15, -0.1) is 0 Å². The number of nitrogens with zero attached hydrogens (tertiary/aromatic N) is 2. The van der Waals surface area contributed by atoms with E-state index in [1.165, 1.54) is 48.5 Å². The minimum absolute atomic E-state index is 0.0780. The van der Waals surface area contributed by atoms with Crippen molar-refractivity contribution in [1.82, 2.24) is 14.9 Å². The lowest BCUT2D eigenvalue weighted by atomic mass is 10.0. The Bertz CT molecular complexity index is 1880. The Balaban J connectivity index is 1.95. The Morgan fingerprint density at radius 2 is 1.51 bits per heavy atom. The Hall–Kier alpha value is -5.15.